The SMILES string of the molecule is COc1ccc(CCCNC2CCc3nc(C)nn3C2)cc1F. The highest BCUT2D eigenvalue weighted by molar-refractivity contribution is 5.29. The summed E-state index contributed by atoms with van der Waals surface area (Å²) in [6.45, 7) is 3.73. The van der Waals surface area contributed by atoms with Crippen LogP contribution in [-0.4, -0.2) is 34.5 Å². The molecule has 1 unspecified atom stereocenters. The number of benzene rings is 1. The topological polar surface area (TPSA) is 52.0 Å². The lowest BCUT2D eigenvalue weighted by molar-refractivity contribution is 0.358. The minimum absolute atomic E-state index is 0.292. The Balaban J connectivity index is 1.43. The highest BCUT2D eigenvalue weighted by Crippen LogP contribution is 2.18. The summed E-state index contributed by atoms with van der Waals surface area (Å²) < 4.78 is 20.6. The predicted octanol–water partition coefficient (Wildman–Crippen LogP) is 2.27. The van der Waals surface area contributed by atoms with Gasteiger partial charge in [-0.1, -0.05) is 6.07 Å². The van der Waals surface area contributed by atoms with Crippen LogP contribution in [0.2, 0.25) is 0 Å². The van der Waals surface area contributed by atoms with Crippen molar-refractivity contribution in [1.29, 1.82) is 0 Å². The molecule has 5 nitrogen and oxygen atoms in total. The normalized spacial score (nSPS) is 17.1. The smallest absolute Gasteiger partial charge is 0.165 e. The third-order valence-corrected chi connectivity index (χ3v) is 4.26. The van der Waals surface area contributed by atoms with Crippen LogP contribution in [0.25, 0.3) is 0 Å². The average Bonchev–Trinajstić information content (AvgIpc) is 2.91. The second kappa shape index (κ2) is 7.08. The van der Waals surface area contributed by atoms with E-state index in [1.54, 1.807) is 12.1 Å². The van der Waals surface area contributed by atoms with Gasteiger partial charge in [-0.15, -0.1) is 0 Å². The van der Waals surface area contributed by atoms with Gasteiger partial charge in [0.25, 0.3) is 0 Å². The Labute approximate surface area is 135 Å². The van der Waals surface area contributed by atoms with Gasteiger partial charge in [-0.3, -0.25) is 0 Å². The fraction of sp³-hybridized carbons (Fsp3) is 0.529. The predicted molar refractivity (Wildman–Crippen MR) is 86.1 cm³/mol. The van der Waals surface area contributed by atoms with E-state index in [1.807, 2.05) is 17.7 Å². The number of halogens is 1. The van der Waals surface area contributed by atoms with E-state index in [2.05, 4.69) is 15.4 Å². The van der Waals surface area contributed by atoms with Crippen LogP contribution in [0.1, 0.15) is 30.1 Å². The lowest BCUT2D eigenvalue weighted by Gasteiger charge is -2.23. The molecule has 0 fully saturated rings. The number of fused-ring (bicyclic) bond motifs is 1. The highest BCUT2D eigenvalue weighted by atomic mass is 19.1. The summed E-state index contributed by atoms with van der Waals surface area (Å²) in [6.07, 6.45) is 3.90. The van der Waals surface area contributed by atoms with Crippen molar-refractivity contribution < 1.29 is 9.13 Å². The van der Waals surface area contributed by atoms with Crippen LogP contribution in [0.4, 0.5) is 4.39 Å². The van der Waals surface area contributed by atoms with Crippen molar-refractivity contribution >= 4 is 0 Å². The number of aromatic nitrogens is 3. The summed E-state index contributed by atoms with van der Waals surface area (Å²) in [6, 6.07) is 5.61. The monoisotopic (exact) mass is 318 g/mol. The molecule has 0 spiro atoms. The first-order valence-corrected chi connectivity index (χ1v) is 8.12. The van der Waals surface area contributed by atoms with Gasteiger partial charge >= 0.3 is 0 Å². The van der Waals surface area contributed by atoms with Gasteiger partial charge < -0.3 is 10.1 Å². The van der Waals surface area contributed by atoms with E-state index in [9.17, 15) is 4.39 Å². The van der Waals surface area contributed by atoms with Crippen LogP contribution in [0.3, 0.4) is 0 Å². The van der Waals surface area contributed by atoms with Gasteiger partial charge in [0.1, 0.15) is 11.6 Å². The summed E-state index contributed by atoms with van der Waals surface area (Å²) in [5, 5.41) is 7.99. The van der Waals surface area contributed by atoms with Gasteiger partial charge in [0, 0.05) is 12.5 Å². The fourth-order valence-electron chi connectivity index (χ4n) is 3.06. The number of hydrogen-bond acceptors (Lipinski definition) is 4. The molecule has 0 amide bonds. The number of methoxy groups -OCH3 is 1. The Morgan fingerprint density at radius 3 is 3.09 bits per heavy atom. The van der Waals surface area contributed by atoms with Crippen molar-refractivity contribution in [1.82, 2.24) is 20.1 Å². The molecule has 124 valence electrons. The van der Waals surface area contributed by atoms with Crippen molar-refractivity contribution in [3.63, 3.8) is 0 Å². The Kier molecular flexibility index (Phi) is 4.91. The van der Waals surface area contributed by atoms with Gasteiger partial charge in [-0.25, -0.2) is 14.1 Å². The standard InChI is InChI=1S/C17H23FN4O/c1-12-20-17-8-6-14(11-22(17)21-12)19-9-3-4-13-5-7-16(23-2)15(18)10-13/h5,7,10,14,19H,3-4,6,8-9,11H2,1-2H3. The third-order valence-electron chi connectivity index (χ3n) is 4.26. The van der Waals surface area contributed by atoms with Crippen LogP contribution >= 0.6 is 0 Å². The molecule has 2 heterocycles. The molecule has 1 atom stereocenters. The summed E-state index contributed by atoms with van der Waals surface area (Å²) >= 11 is 0. The summed E-state index contributed by atoms with van der Waals surface area (Å²) in [5.74, 6) is 1.95. The zero-order valence-electron chi connectivity index (χ0n) is 13.7. The molecule has 0 saturated heterocycles. The van der Waals surface area contributed by atoms with Gasteiger partial charge in [0.15, 0.2) is 11.6 Å². The van der Waals surface area contributed by atoms with Gasteiger partial charge in [0.2, 0.25) is 0 Å². The van der Waals surface area contributed by atoms with E-state index in [0.717, 1.165) is 56.0 Å². The molecule has 1 aromatic carbocycles. The lowest BCUT2D eigenvalue weighted by Crippen LogP contribution is -2.38. The highest BCUT2D eigenvalue weighted by Gasteiger charge is 2.20. The molecule has 1 aliphatic heterocycles. The van der Waals surface area contributed by atoms with E-state index >= 15 is 0 Å². The molecule has 0 bridgehead atoms. The second-order valence-electron chi connectivity index (χ2n) is 6.02. The van der Waals surface area contributed by atoms with E-state index in [1.165, 1.54) is 7.11 Å². The number of nitrogens with one attached hydrogen (secondary N) is 1. The molecule has 1 aromatic heterocycles. The van der Waals surface area contributed by atoms with E-state index < -0.39 is 0 Å². The zero-order chi connectivity index (χ0) is 16.2. The zero-order valence-corrected chi connectivity index (χ0v) is 13.7. The molecule has 2 aromatic rings. The fourth-order valence-corrected chi connectivity index (χ4v) is 3.06. The van der Waals surface area contributed by atoms with Crippen molar-refractivity contribution in [2.24, 2.45) is 0 Å². The number of ether oxygens (including phenoxy) is 1. The van der Waals surface area contributed by atoms with Crippen LogP contribution in [0.5, 0.6) is 5.75 Å². The third kappa shape index (κ3) is 3.88. The molecule has 0 aliphatic carbocycles. The molecule has 1 N–H and O–H groups in total. The summed E-state index contributed by atoms with van der Waals surface area (Å²) in [7, 11) is 1.48. The Hall–Kier alpha value is -1.95. The first kappa shape index (κ1) is 15.9. The van der Waals surface area contributed by atoms with Crippen molar-refractivity contribution in [3.8, 4) is 5.75 Å². The van der Waals surface area contributed by atoms with E-state index in [4.69, 9.17) is 4.74 Å². The molecule has 3 rings (SSSR count). The Morgan fingerprint density at radius 1 is 1.43 bits per heavy atom. The molecule has 6 heteroatoms. The molecular formula is C17H23FN4O. The number of aryl methyl sites for hydroxylation is 3. The lowest BCUT2D eigenvalue weighted by atomic mass is 10.1. The number of rotatable bonds is 6. The molecular weight excluding hydrogens is 295 g/mol. The number of nitrogens with zero attached hydrogens (tertiary/aromatic N) is 3. The molecule has 0 saturated carbocycles. The van der Waals surface area contributed by atoms with Crippen molar-refractivity contribution in [3.05, 3.63) is 41.2 Å². The first-order valence-electron chi connectivity index (χ1n) is 8.12. The van der Waals surface area contributed by atoms with E-state index in [0.29, 0.717) is 11.8 Å². The maximum absolute atomic E-state index is 13.6. The second-order valence-corrected chi connectivity index (χ2v) is 6.02. The summed E-state index contributed by atoms with van der Waals surface area (Å²) in [4.78, 5) is 4.42. The Morgan fingerprint density at radius 2 is 2.30 bits per heavy atom. The summed E-state index contributed by atoms with van der Waals surface area (Å²) in [5.41, 5.74) is 1.00. The maximum atomic E-state index is 13.6. The minimum atomic E-state index is -0.292. The van der Waals surface area contributed by atoms with Crippen LogP contribution in [0, 0.1) is 12.7 Å². The number of hydrogen-bond donors (Lipinski definition) is 1. The van der Waals surface area contributed by atoms with Gasteiger partial charge in [-0.05, 0) is 50.4 Å². The minimum Gasteiger partial charge on any atom is -0.494 e. The quantitative estimate of drug-likeness (QED) is 0.830. The van der Waals surface area contributed by atoms with Gasteiger partial charge in [0.05, 0.1) is 13.7 Å². The molecule has 1 aliphatic rings. The maximum Gasteiger partial charge on any atom is 0.165 e. The average molecular weight is 318 g/mol. The van der Waals surface area contributed by atoms with Gasteiger partial charge in [-0.2, -0.15) is 5.10 Å². The Bertz CT molecular complexity index is 671. The van der Waals surface area contributed by atoms with Crippen LogP contribution < -0.4 is 10.1 Å². The largest absolute Gasteiger partial charge is 0.494 e. The first-order chi connectivity index (χ1) is 11.2. The molecule has 0 radical (unpaired) electrons. The van der Waals surface area contributed by atoms with Crippen LogP contribution in [0.15, 0.2) is 18.2 Å². The van der Waals surface area contributed by atoms with Crippen LogP contribution in [-0.2, 0) is 19.4 Å². The van der Waals surface area contributed by atoms with Crippen molar-refractivity contribution in [2.75, 3.05) is 13.7 Å². The molecule has 23 heavy (non-hydrogen) atoms. The van der Waals surface area contributed by atoms with Crippen molar-refractivity contribution in [2.45, 2.75) is 45.2 Å². The van der Waals surface area contributed by atoms with E-state index in [-0.39, 0.29) is 5.82 Å².